The van der Waals surface area contributed by atoms with Gasteiger partial charge in [0.1, 0.15) is 0 Å². The van der Waals surface area contributed by atoms with Crippen LogP contribution in [0.4, 0.5) is 0 Å². The standard InChI is InChI=1S/C22H30O2S2/c1-4-14-9-13(3)10-15(5-2)18(14)19-20(23)16-11-22(12-17(16)21(19)24)25-7-6-8-26-22/h9-10,16-17,20,23-24H,4-8,11-12H2,1-3H3/p-1/t16-,17+,20?/m1/s1. The Kier molecular flexibility index (Phi) is 5.13. The summed E-state index contributed by atoms with van der Waals surface area (Å²) in [5, 5.41) is 24.7. The van der Waals surface area contributed by atoms with Crippen molar-refractivity contribution in [3.05, 3.63) is 40.1 Å². The molecule has 2 aliphatic carbocycles. The summed E-state index contributed by atoms with van der Waals surface area (Å²) in [7, 11) is 0. The largest absolute Gasteiger partial charge is 0.875 e. The van der Waals surface area contributed by atoms with Gasteiger partial charge in [0.25, 0.3) is 0 Å². The van der Waals surface area contributed by atoms with E-state index in [4.69, 9.17) is 0 Å². The van der Waals surface area contributed by atoms with Crippen molar-refractivity contribution in [1.82, 2.24) is 0 Å². The van der Waals surface area contributed by atoms with Crippen LogP contribution in [-0.4, -0.2) is 26.8 Å². The van der Waals surface area contributed by atoms with Gasteiger partial charge in [-0.15, -0.1) is 29.3 Å². The van der Waals surface area contributed by atoms with Gasteiger partial charge in [-0.1, -0.05) is 31.5 Å². The van der Waals surface area contributed by atoms with E-state index in [2.05, 4.69) is 32.9 Å². The maximum atomic E-state index is 13.4. The molecule has 1 heterocycles. The Bertz CT molecular complexity index is 709. The Hall–Kier alpha value is -0.580. The molecule has 1 saturated carbocycles. The molecule has 4 heteroatoms. The monoisotopic (exact) mass is 389 g/mol. The van der Waals surface area contributed by atoms with E-state index in [0.717, 1.165) is 36.8 Å². The van der Waals surface area contributed by atoms with Crippen molar-refractivity contribution in [2.45, 2.75) is 63.1 Å². The molecule has 1 N–H and O–H groups in total. The zero-order valence-electron chi connectivity index (χ0n) is 16.0. The van der Waals surface area contributed by atoms with Crippen LogP contribution in [0, 0.1) is 18.8 Å². The van der Waals surface area contributed by atoms with Gasteiger partial charge in [0.05, 0.1) is 10.2 Å². The summed E-state index contributed by atoms with van der Waals surface area (Å²) in [6, 6.07) is 4.40. The second-order valence-electron chi connectivity index (χ2n) is 8.03. The van der Waals surface area contributed by atoms with E-state index >= 15 is 0 Å². The zero-order valence-corrected chi connectivity index (χ0v) is 17.6. The van der Waals surface area contributed by atoms with Crippen molar-refractivity contribution in [3.63, 3.8) is 0 Å². The van der Waals surface area contributed by atoms with Gasteiger partial charge < -0.3 is 10.2 Å². The lowest BCUT2D eigenvalue weighted by atomic mass is 9.87. The number of aryl methyl sites for hydroxylation is 3. The highest BCUT2D eigenvalue weighted by Gasteiger charge is 2.53. The molecule has 1 unspecified atom stereocenters. The average Bonchev–Trinajstić information content (AvgIpc) is 3.10. The summed E-state index contributed by atoms with van der Waals surface area (Å²) < 4.78 is 0.185. The van der Waals surface area contributed by atoms with Gasteiger partial charge in [0, 0.05) is 0 Å². The van der Waals surface area contributed by atoms with Gasteiger partial charge >= 0.3 is 0 Å². The average molecular weight is 390 g/mol. The van der Waals surface area contributed by atoms with E-state index in [0.29, 0.717) is 0 Å². The first-order valence-corrected chi connectivity index (χ1v) is 12.0. The number of thioether (sulfide) groups is 2. The van der Waals surface area contributed by atoms with Crippen LogP contribution in [0.3, 0.4) is 0 Å². The van der Waals surface area contributed by atoms with Gasteiger partial charge in [-0.2, -0.15) is 0 Å². The second kappa shape index (κ2) is 7.10. The molecule has 0 radical (unpaired) electrons. The zero-order chi connectivity index (χ0) is 18.5. The Morgan fingerprint density at radius 3 is 2.27 bits per heavy atom. The molecule has 1 aliphatic heterocycles. The van der Waals surface area contributed by atoms with Crippen LogP contribution in [0.15, 0.2) is 17.9 Å². The number of rotatable bonds is 3. The highest BCUT2D eigenvalue weighted by atomic mass is 32.2. The number of benzene rings is 1. The molecule has 0 aromatic heterocycles. The first kappa shape index (κ1) is 18.8. The van der Waals surface area contributed by atoms with Crippen molar-refractivity contribution >= 4 is 29.1 Å². The Labute approximate surface area is 165 Å². The fourth-order valence-corrected chi connectivity index (χ4v) is 8.77. The molecular formula is C22H29O2S2-. The lowest BCUT2D eigenvalue weighted by Crippen LogP contribution is -2.25. The van der Waals surface area contributed by atoms with Gasteiger partial charge in [-0.05, 0) is 84.6 Å². The van der Waals surface area contributed by atoms with E-state index in [1.165, 1.54) is 34.6 Å². The summed E-state index contributed by atoms with van der Waals surface area (Å²) in [6.45, 7) is 6.42. The summed E-state index contributed by atoms with van der Waals surface area (Å²) in [4.78, 5) is 0. The lowest BCUT2D eigenvalue weighted by Gasteiger charge is -2.34. The molecule has 1 saturated heterocycles. The van der Waals surface area contributed by atoms with Crippen LogP contribution in [-0.2, 0) is 12.8 Å². The topological polar surface area (TPSA) is 43.3 Å². The summed E-state index contributed by atoms with van der Waals surface area (Å²) in [5.74, 6) is 2.77. The highest BCUT2D eigenvalue weighted by molar-refractivity contribution is 8.18. The maximum Gasteiger partial charge on any atom is 0.0821 e. The molecule has 2 fully saturated rings. The maximum absolute atomic E-state index is 13.4. The third kappa shape index (κ3) is 2.93. The van der Waals surface area contributed by atoms with Crippen molar-refractivity contribution in [1.29, 1.82) is 0 Å². The van der Waals surface area contributed by atoms with Gasteiger partial charge in [0.15, 0.2) is 0 Å². The molecule has 142 valence electrons. The van der Waals surface area contributed by atoms with Crippen molar-refractivity contribution in [2.24, 2.45) is 11.8 Å². The summed E-state index contributed by atoms with van der Waals surface area (Å²) in [5.41, 5.74) is 5.50. The van der Waals surface area contributed by atoms with Gasteiger partial charge in [-0.25, -0.2) is 0 Å². The Balaban J connectivity index is 1.75. The van der Waals surface area contributed by atoms with E-state index in [1.54, 1.807) is 0 Å². The van der Waals surface area contributed by atoms with Crippen molar-refractivity contribution in [3.8, 4) is 0 Å². The lowest BCUT2D eigenvalue weighted by molar-refractivity contribution is -0.313. The quantitative estimate of drug-likeness (QED) is 0.843. The van der Waals surface area contributed by atoms with E-state index < -0.39 is 6.10 Å². The third-order valence-corrected chi connectivity index (χ3v) is 9.81. The predicted octanol–water partition coefficient (Wildman–Crippen LogP) is 4.16. The normalized spacial score (nSPS) is 30.2. The van der Waals surface area contributed by atoms with Crippen LogP contribution in [0.1, 0.15) is 55.4 Å². The van der Waals surface area contributed by atoms with Crippen molar-refractivity contribution in [2.75, 3.05) is 11.5 Å². The van der Waals surface area contributed by atoms with Crippen LogP contribution >= 0.6 is 23.5 Å². The molecule has 4 rings (SSSR count). The van der Waals surface area contributed by atoms with Crippen LogP contribution < -0.4 is 5.11 Å². The van der Waals surface area contributed by atoms with E-state index in [9.17, 15) is 10.2 Å². The number of aliphatic hydroxyl groups excluding tert-OH is 1. The fraction of sp³-hybridized carbons (Fsp3) is 0.636. The number of hydrogen-bond donors (Lipinski definition) is 1. The molecule has 2 nitrogen and oxygen atoms in total. The molecule has 3 atom stereocenters. The second-order valence-corrected chi connectivity index (χ2v) is 11.2. The molecule has 26 heavy (non-hydrogen) atoms. The molecular weight excluding hydrogens is 360 g/mol. The molecule has 3 aliphatic rings. The van der Waals surface area contributed by atoms with Crippen molar-refractivity contribution < 1.29 is 10.2 Å². The number of allylic oxidation sites excluding steroid dienone is 1. The minimum Gasteiger partial charge on any atom is -0.875 e. The van der Waals surface area contributed by atoms with E-state index in [-0.39, 0.29) is 21.7 Å². The molecule has 1 aromatic rings. The first-order valence-electron chi connectivity index (χ1n) is 9.99. The molecule has 1 aromatic carbocycles. The minimum atomic E-state index is -0.590. The first-order chi connectivity index (χ1) is 12.5. The highest BCUT2D eigenvalue weighted by Crippen LogP contribution is 2.62. The Morgan fingerprint density at radius 1 is 1.12 bits per heavy atom. The van der Waals surface area contributed by atoms with Gasteiger partial charge in [0.2, 0.25) is 0 Å². The predicted molar refractivity (Wildman–Crippen MR) is 111 cm³/mol. The molecule has 1 spiro atoms. The molecule has 0 amide bonds. The minimum absolute atomic E-state index is 0.0221. The van der Waals surface area contributed by atoms with Crippen LogP contribution in [0.25, 0.3) is 5.57 Å². The third-order valence-electron chi connectivity index (χ3n) is 6.39. The summed E-state index contributed by atoms with van der Waals surface area (Å²) >= 11 is 4.08. The molecule has 0 bridgehead atoms. The Morgan fingerprint density at radius 2 is 1.73 bits per heavy atom. The smallest absolute Gasteiger partial charge is 0.0821 e. The fourth-order valence-electron chi connectivity index (χ4n) is 5.22. The number of aliphatic hydroxyl groups is 1. The summed E-state index contributed by atoms with van der Waals surface area (Å²) in [6.07, 6.45) is 4.41. The van der Waals surface area contributed by atoms with Crippen LogP contribution in [0.5, 0.6) is 0 Å². The number of fused-ring (bicyclic) bond motifs is 1. The van der Waals surface area contributed by atoms with Gasteiger partial charge in [-0.3, -0.25) is 0 Å². The SMILES string of the molecule is CCc1cc(C)cc(CC)c1C1=C([O-])[C@H]2CC3(C[C@H]2C1O)SCCCS3. The van der Waals surface area contributed by atoms with Crippen LogP contribution in [0.2, 0.25) is 0 Å². The number of hydrogen-bond acceptors (Lipinski definition) is 4. The van der Waals surface area contributed by atoms with E-state index in [1.807, 2.05) is 23.5 Å².